The van der Waals surface area contributed by atoms with E-state index in [1.165, 1.54) is 0 Å². The van der Waals surface area contributed by atoms with Crippen LogP contribution in [0.15, 0.2) is 0 Å². The number of ether oxygens (including phenoxy) is 2. The minimum absolute atomic E-state index is 0.0587. The summed E-state index contributed by atoms with van der Waals surface area (Å²) >= 11 is 0. The van der Waals surface area contributed by atoms with Crippen LogP contribution in [-0.4, -0.2) is 79.9 Å². The van der Waals surface area contributed by atoms with Crippen LogP contribution in [0.2, 0.25) is 0 Å². The monoisotopic (exact) mass is 313 g/mol. The van der Waals surface area contributed by atoms with Crippen molar-refractivity contribution in [3.63, 3.8) is 0 Å². The summed E-state index contributed by atoms with van der Waals surface area (Å²) in [5.74, 6) is 0.152. The van der Waals surface area contributed by atoms with E-state index in [1.54, 1.807) is 0 Å². The Morgan fingerprint density at radius 3 is 2.77 bits per heavy atom. The molecule has 2 aliphatic heterocycles. The molecular formula is C16H31N3O3. The summed E-state index contributed by atoms with van der Waals surface area (Å²) < 4.78 is 11.2. The van der Waals surface area contributed by atoms with Crippen LogP contribution in [0.1, 0.15) is 33.1 Å². The van der Waals surface area contributed by atoms with Gasteiger partial charge in [-0.25, -0.2) is 0 Å². The average molecular weight is 313 g/mol. The molecule has 2 saturated heterocycles. The fraction of sp³-hybridized carbons (Fsp3) is 0.938. The SMILES string of the molecule is CCOCCN1CCN(C(=O)[C@@H]2CC[C@H](CN)O2)CC1CC. The third kappa shape index (κ3) is 4.41. The van der Waals surface area contributed by atoms with E-state index in [0.29, 0.717) is 12.6 Å². The molecule has 1 unspecified atom stereocenters. The predicted octanol–water partition coefficient (Wildman–Crippen LogP) is 0.452. The Hall–Kier alpha value is -0.690. The van der Waals surface area contributed by atoms with E-state index in [-0.39, 0.29) is 18.1 Å². The highest BCUT2D eigenvalue weighted by Crippen LogP contribution is 2.22. The van der Waals surface area contributed by atoms with Crippen LogP contribution in [0, 0.1) is 0 Å². The van der Waals surface area contributed by atoms with Crippen LogP contribution in [0.4, 0.5) is 0 Å². The first kappa shape index (κ1) is 17.7. The molecule has 0 radical (unpaired) electrons. The summed E-state index contributed by atoms with van der Waals surface area (Å²) in [7, 11) is 0. The van der Waals surface area contributed by atoms with Crippen molar-refractivity contribution in [2.45, 2.75) is 51.4 Å². The molecular weight excluding hydrogens is 282 g/mol. The quantitative estimate of drug-likeness (QED) is 0.691. The van der Waals surface area contributed by atoms with Crippen molar-refractivity contribution in [2.75, 3.05) is 45.9 Å². The molecule has 22 heavy (non-hydrogen) atoms. The molecule has 128 valence electrons. The molecule has 6 heteroatoms. The maximum Gasteiger partial charge on any atom is 0.251 e. The lowest BCUT2D eigenvalue weighted by molar-refractivity contribution is -0.146. The first-order valence-electron chi connectivity index (χ1n) is 8.65. The Morgan fingerprint density at radius 2 is 2.14 bits per heavy atom. The third-order valence-corrected chi connectivity index (χ3v) is 4.76. The Kier molecular flexibility index (Phi) is 7.08. The van der Waals surface area contributed by atoms with Crippen molar-refractivity contribution in [2.24, 2.45) is 5.73 Å². The molecule has 0 bridgehead atoms. The number of hydrogen-bond acceptors (Lipinski definition) is 5. The van der Waals surface area contributed by atoms with Crippen molar-refractivity contribution < 1.29 is 14.3 Å². The number of amides is 1. The molecule has 1 amide bonds. The fourth-order valence-electron chi connectivity index (χ4n) is 3.37. The van der Waals surface area contributed by atoms with Crippen LogP contribution in [0.25, 0.3) is 0 Å². The summed E-state index contributed by atoms with van der Waals surface area (Å²) in [6, 6.07) is 0.421. The largest absolute Gasteiger partial charge is 0.380 e. The second-order valence-electron chi connectivity index (χ2n) is 6.14. The van der Waals surface area contributed by atoms with Gasteiger partial charge in [0.25, 0.3) is 5.91 Å². The number of rotatable bonds is 7. The molecule has 0 saturated carbocycles. The lowest BCUT2D eigenvalue weighted by Crippen LogP contribution is -2.56. The van der Waals surface area contributed by atoms with Crippen LogP contribution >= 0.6 is 0 Å². The van der Waals surface area contributed by atoms with Crippen LogP contribution < -0.4 is 5.73 Å². The number of nitrogens with zero attached hydrogens (tertiary/aromatic N) is 2. The highest BCUT2D eigenvalue weighted by Gasteiger charge is 2.36. The zero-order valence-electron chi connectivity index (χ0n) is 14.0. The fourth-order valence-corrected chi connectivity index (χ4v) is 3.37. The standard InChI is InChI=1S/C16H31N3O3/c1-3-13-12-19(8-7-18(13)9-10-21-4-2)16(20)15-6-5-14(11-17)22-15/h13-15H,3-12,17H2,1-2H3/t13?,14-,15+/m1/s1. The minimum Gasteiger partial charge on any atom is -0.380 e. The third-order valence-electron chi connectivity index (χ3n) is 4.76. The first-order chi connectivity index (χ1) is 10.7. The Bertz CT molecular complexity index is 354. The predicted molar refractivity (Wildman–Crippen MR) is 85.7 cm³/mol. The molecule has 0 spiro atoms. The van der Waals surface area contributed by atoms with Gasteiger partial charge in [0, 0.05) is 45.4 Å². The maximum atomic E-state index is 12.6. The average Bonchev–Trinajstić information content (AvgIpc) is 3.03. The molecule has 0 aromatic rings. The van der Waals surface area contributed by atoms with E-state index in [0.717, 1.165) is 58.7 Å². The molecule has 2 heterocycles. The summed E-state index contributed by atoms with van der Waals surface area (Å²) in [4.78, 5) is 17.0. The van der Waals surface area contributed by atoms with Gasteiger partial charge >= 0.3 is 0 Å². The van der Waals surface area contributed by atoms with Gasteiger partial charge in [0.1, 0.15) is 6.10 Å². The van der Waals surface area contributed by atoms with E-state index in [4.69, 9.17) is 15.2 Å². The Labute approximate surface area is 133 Å². The van der Waals surface area contributed by atoms with Gasteiger partial charge in [0.05, 0.1) is 12.7 Å². The molecule has 0 aromatic heterocycles. The lowest BCUT2D eigenvalue weighted by Gasteiger charge is -2.41. The van der Waals surface area contributed by atoms with E-state index in [2.05, 4.69) is 11.8 Å². The zero-order chi connectivity index (χ0) is 15.9. The van der Waals surface area contributed by atoms with E-state index < -0.39 is 0 Å². The van der Waals surface area contributed by atoms with Crippen LogP contribution in [-0.2, 0) is 14.3 Å². The van der Waals surface area contributed by atoms with Crippen molar-refractivity contribution in [3.05, 3.63) is 0 Å². The number of piperazine rings is 1. The summed E-state index contributed by atoms with van der Waals surface area (Å²) in [5, 5.41) is 0. The van der Waals surface area contributed by atoms with E-state index in [1.807, 2.05) is 11.8 Å². The van der Waals surface area contributed by atoms with Crippen molar-refractivity contribution in [1.29, 1.82) is 0 Å². The van der Waals surface area contributed by atoms with Crippen LogP contribution in [0.3, 0.4) is 0 Å². The Balaban J connectivity index is 1.83. The van der Waals surface area contributed by atoms with E-state index in [9.17, 15) is 4.79 Å². The van der Waals surface area contributed by atoms with Crippen LogP contribution in [0.5, 0.6) is 0 Å². The molecule has 2 rings (SSSR count). The lowest BCUT2D eigenvalue weighted by atomic mass is 10.1. The Morgan fingerprint density at radius 1 is 1.32 bits per heavy atom. The van der Waals surface area contributed by atoms with Gasteiger partial charge in [-0.05, 0) is 26.2 Å². The molecule has 0 aliphatic carbocycles. The first-order valence-corrected chi connectivity index (χ1v) is 8.65. The summed E-state index contributed by atoms with van der Waals surface area (Å²) in [6.45, 7) is 9.69. The summed E-state index contributed by atoms with van der Waals surface area (Å²) in [5.41, 5.74) is 5.63. The zero-order valence-corrected chi connectivity index (χ0v) is 14.0. The van der Waals surface area contributed by atoms with Crippen molar-refractivity contribution >= 4 is 5.91 Å². The van der Waals surface area contributed by atoms with Gasteiger partial charge < -0.3 is 20.1 Å². The molecule has 0 aromatic carbocycles. The normalized spacial score (nSPS) is 30.0. The summed E-state index contributed by atoms with van der Waals surface area (Å²) in [6.07, 6.45) is 2.54. The van der Waals surface area contributed by atoms with Crippen molar-refractivity contribution in [1.82, 2.24) is 9.80 Å². The van der Waals surface area contributed by atoms with Crippen molar-refractivity contribution in [3.8, 4) is 0 Å². The number of nitrogens with two attached hydrogens (primary N) is 1. The maximum absolute atomic E-state index is 12.6. The van der Waals surface area contributed by atoms with Gasteiger partial charge in [-0.2, -0.15) is 0 Å². The molecule has 2 fully saturated rings. The van der Waals surface area contributed by atoms with Gasteiger partial charge in [-0.15, -0.1) is 0 Å². The van der Waals surface area contributed by atoms with Gasteiger partial charge in [0.15, 0.2) is 0 Å². The molecule has 2 aliphatic rings. The number of hydrogen-bond donors (Lipinski definition) is 1. The second-order valence-corrected chi connectivity index (χ2v) is 6.14. The second kappa shape index (κ2) is 8.82. The van der Waals surface area contributed by atoms with Gasteiger partial charge in [-0.3, -0.25) is 9.69 Å². The molecule has 2 N–H and O–H groups in total. The van der Waals surface area contributed by atoms with E-state index >= 15 is 0 Å². The number of carbonyl (C=O) groups excluding carboxylic acids is 1. The van der Waals surface area contributed by atoms with Gasteiger partial charge in [0.2, 0.25) is 0 Å². The molecule has 6 nitrogen and oxygen atoms in total. The minimum atomic E-state index is -0.277. The number of carbonyl (C=O) groups is 1. The van der Waals surface area contributed by atoms with Gasteiger partial charge in [-0.1, -0.05) is 6.92 Å². The topological polar surface area (TPSA) is 68.0 Å². The smallest absolute Gasteiger partial charge is 0.251 e. The highest BCUT2D eigenvalue weighted by atomic mass is 16.5. The highest BCUT2D eigenvalue weighted by molar-refractivity contribution is 5.81. The molecule has 3 atom stereocenters.